The molecule has 0 spiro atoms. The SMILES string of the molecule is COc1ccc(NC(=O)C=Cc2ccncc2)cc1. The maximum atomic E-state index is 11.7. The monoisotopic (exact) mass is 254 g/mol. The van der Waals surface area contributed by atoms with Crippen molar-refractivity contribution in [2.75, 3.05) is 12.4 Å². The second kappa shape index (κ2) is 6.35. The molecule has 0 atom stereocenters. The van der Waals surface area contributed by atoms with Crippen LogP contribution in [0.15, 0.2) is 54.9 Å². The van der Waals surface area contributed by atoms with Gasteiger partial charge in [0.15, 0.2) is 0 Å². The first-order chi connectivity index (χ1) is 9.28. The van der Waals surface area contributed by atoms with E-state index in [1.807, 2.05) is 12.1 Å². The number of nitrogens with zero attached hydrogens (tertiary/aromatic N) is 1. The van der Waals surface area contributed by atoms with Crippen molar-refractivity contribution in [3.05, 3.63) is 60.4 Å². The van der Waals surface area contributed by atoms with Gasteiger partial charge < -0.3 is 10.1 Å². The van der Waals surface area contributed by atoms with Crippen LogP contribution in [-0.2, 0) is 4.79 Å². The first kappa shape index (κ1) is 12.8. The second-order valence-corrected chi connectivity index (χ2v) is 3.83. The Kier molecular flexibility index (Phi) is 4.29. The van der Waals surface area contributed by atoms with E-state index in [0.29, 0.717) is 0 Å². The lowest BCUT2D eigenvalue weighted by Crippen LogP contribution is -2.07. The topological polar surface area (TPSA) is 51.2 Å². The highest BCUT2D eigenvalue weighted by molar-refractivity contribution is 6.01. The summed E-state index contributed by atoms with van der Waals surface area (Å²) < 4.78 is 5.05. The number of nitrogens with one attached hydrogen (secondary N) is 1. The third-order valence-electron chi connectivity index (χ3n) is 2.49. The van der Waals surface area contributed by atoms with E-state index in [0.717, 1.165) is 17.0 Å². The molecule has 96 valence electrons. The van der Waals surface area contributed by atoms with Crippen LogP contribution in [0.5, 0.6) is 5.75 Å². The fourth-order valence-corrected chi connectivity index (χ4v) is 1.50. The van der Waals surface area contributed by atoms with E-state index in [1.165, 1.54) is 6.08 Å². The van der Waals surface area contributed by atoms with Crippen molar-refractivity contribution in [2.45, 2.75) is 0 Å². The highest BCUT2D eigenvalue weighted by Gasteiger charge is 1.98. The molecule has 0 aliphatic rings. The van der Waals surface area contributed by atoms with E-state index in [1.54, 1.807) is 49.8 Å². The summed E-state index contributed by atoms with van der Waals surface area (Å²) in [5, 5.41) is 2.77. The summed E-state index contributed by atoms with van der Waals surface area (Å²) in [5.41, 5.74) is 1.66. The summed E-state index contributed by atoms with van der Waals surface area (Å²) in [6, 6.07) is 10.8. The molecule has 0 saturated heterocycles. The maximum Gasteiger partial charge on any atom is 0.248 e. The lowest BCUT2D eigenvalue weighted by Gasteiger charge is -2.03. The highest BCUT2D eigenvalue weighted by atomic mass is 16.5. The lowest BCUT2D eigenvalue weighted by atomic mass is 10.2. The van der Waals surface area contributed by atoms with E-state index in [2.05, 4.69) is 10.3 Å². The predicted molar refractivity (Wildman–Crippen MR) is 74.9 cm³/mol. The normalized spacial score (nSPS) is 10.4. The number of aromatic nitrogens is 1. The van der Waals surface area contributed by atoms with Gasteiger partial charge in [0.25, 0.3) is 0 Å². The fraction of sp³-hybridized carbons (Fsp3) is 0.0667. The van der Waals surface area contributed by atoms with Gasteiger partial charge in [-0.3, -0.25) is 9.78 Å². The number of carbonyl (C=O) groups excluding carboxylic acids is 1. The van der Waals surface area contributed by atoms with Crippen LogP contribution in [0.2, 0.25) is 0 Å². The summed E-state index contributed by atoms with van der Waals surface area (Å²) >= 11 is 0. The van der Waals surface area contributed by atoms with Gasteiger partial charge in [0.2, 0.25) is 5.91 Å². The Balaban J connectivity index is 1.95. The van der Waals surface area contributed by atoms with Crippen molar-refractivity contribution in [2.24, 2.45) is 0 Å². The average molecular weight is 254 g/mol. The summed E-state index contributed by atoms with van der Waals surface area (Å²) in [4.78, 5) is 15.6. The molecule has 1 aromatic carbocycles. The Morgan fingerprint density at radius 3 is 2.47 bits per heavy atom. The number of benzene rings is 1. The van der Waals surface area contributed by atoms with Crippen LogP contribution >= 0.6 is 0 Å². The molecule has 0 unspecified atom stereocenters. The van der Waals surface area contributed by atoms with Crippen molar-refractivity contribution in [1.29, 1.82) is 0 Å². The maximum absolute atomic E-state index is 11.7. The zero-order valence-corrected chi connectivity index (χ0v) is 10.5. The van der Waals surface area contributed by atoms with E-state index in [4.69, 9.17) is 4.74 Å². The Bertz CT molecular complexity index is 562. The standard InChI is InChI=1S/C15H14N2O2/c1-19-14-5-3-13(4-6-14)17-15(18)7-2-12-8-10-16-11-9-12/h2-11H,1H3,(H,17,18). The van der Waals surface area contributed by atoms with Gasteiger partial charge in [0, 0.05) is 24.2 Å². The van der Waals surface area contributed by atoms with E-state index in [9.17, 15) is 4.79 Å². The first-order valence-electron chi connectivity index (χ1n) is 5.81. The Morgan fingerprint density at radius 1 is 1.16 bits per heavy atom. The molecule has 1 heterocycles. The third kappa shape index (κ3) is 3.96. The Labute approximate surface area is 111 Å². The molecule has 19 heavy (non-hydrogen) atoms. The van der Waals surface area contributed by atoms with Crippen molar-refractivity contribution in [3.63, 3.8) is 0 Å². The molecule has 0 aliphatic carbocycles. The van der Waals surface area contributed by atoms with Crippen LogP contribution in [0, 0.1) is 0 Å². The molecular formula is C15H14N2O2. The van der Waals surface area contributed by atoms with Gasteiger partial charge in [-0.25, -0.2) is 0 Å². The number of anilines is 1. The molecule has 1 aromatic heterocycles. The van der Waals surface area contributed by atoms with Gasteiger partial charge in [-0.05, 0) is 48.0 Å². The number of hydrogen-bond acceptors (Lipinski definition) is 3. The zero-order valence-electron chi connectivity index (χ0n) is 10.5. The van der Waals surface area contributed by atoms with Gasteiger partial charge in [-0.1, -0.05) is 0 Å². The number of hydrogen-bond donors (Lipinski definition) is 1. The molecule has 0 aliphatic heterocycles. The molecule has 4 nitrogen and oxygen atoms in total. The largest absolute Gasteiger partial charge is 0.497 e. The van der Waals surface area contributed by atoms with Gasteiger partial charge >= 0.3 is 0 Å². The quantitative estimate of drug-likeness (QED) is 0.853. The molecule has 2 aromatic rings. The molecule has 1 N–H and O–H groups in total. The number of amides is 1. The fourth-order valence-electron chi connectivity index (χ4n) is 1.50. The van der Waals surface area contributed by atoms with Gasteiger partial charge in [0.05, 0.1) is 7.11 Å². The minimum atomic E-state index is -0.179. The smallest absolute Gasteiger partial charge is 0.248 e. The van der Waals surface area contributed by atoms with Crippen molar-refractivity contribution in [3.8, 4) is 5.75 Å². The van der Waals surface area contributed by atoms with Crippen LogP contribution in [-0.4, -0.2) is 18.0 Å². The van der Waals surface area contributed by atoms with Crippen LogP contribution in [0.4, 0.5) is 5.69 Å². The molecule has 1 amide bonds. The minimum absolute atomic E-state index is 0.179. The molecule has 0 saturated carbocycles. The van der Waals surface area contributed by atoms with E-state index < -0.39 is 0 Å². The Hall–Kier alpha value is -2.62. The summed E-state index contributed by atoms with van der Waals surface area (Å²) in [7, 11) is 1.60. The number of methoxy groups -OCH3 is 1. The predicted octanol–water partition coefficient (Wildman–Crippen LogP) is 2.74. The summed E-state index contributed by atoms with van der Waals surface area (Å²) in [6.07, 6.45) is 6.59. The molecule has 4 heteroatoms. The second-order valence-electron chi connectivity index (χ2n) is 3.83. The van der Waals surface area contributed by atoms with Crippen LogP contribution in [0.1, 0.15) is 5.56 Å². The van der Waals surface area contributed by atoms with Crippen LogP contribution in [0.25, 0.3) is 6.08 Å². The van der Waals surface area contributed by atoms with Crippen molar-refractivity contribution < 1.29 is 9.53 Å². The average Bonchev–Trinajstić information content (AvgIpc) is 2.47. The molecule has 0 fully saturated rings. The van der Waals surface area contributed by atoms with Crippen LogP contribution in [0.3, 0.4) is 0 Å². The van der Waals surface area contributed by atoms with Crippen LogP contribution < -0.4 is 10.1 Å². The Morgan fingerprint density at radius 2 is 1.84 bits per heavy atom. The summed E-state index contributed by atoms with van der Waals surface area (Å²) in [6.45, 7) is 0. The zero-order chi connectivity index (χ0) is 13.5. The molecule has 0 radical (unpaired) electrons. The minimum Gasteiger partial charge on any atom is -0.497 e. The molecular weight excluding hydrogens is 240 g/mol. The van der Waals surface area contributed by atoms with E-state index in [-0.39, 0.29) is 5.91 Å². The van der Waals surface area contributed by atoms with Crippen molar-refractivity contribution in [1.82, 2.24) is 4.98 Å². The highest BCUT2D eigenvalue weighted by Crippen LogP contribution is 2.14. The number of pyridine rings is 1. The van der Waals surface area contributed by atoms with Gasteiger partial charge in [0.1, 0.15) is 5.75 Å². The van der Waals surface area contributed by atoms with Crippen molar-refractivity contribution >= 4 is 17.7 Å². The molecule has 2 rings (SSSR count). The number of ether oxygens (including phenoxy) is 1. The third-order valence-corrected chi connectivity index (χ3v) is 2.49. The van der Waals surface area contributed by atoms with Gasteiger partial charge in [-0.15, -0.1) is 0 Å². The van der Waals surface area contributed by atoms with E-state index >= 15 is 0 Å². The van der Waals surface area contributed by atoms with Gasteiger partial charge in [-0.2, -0.15) is 0 Å². The molecule has 0 bridgehead atoms. The number of rotatable bonds is 4. The number of carbonyl (C=O) groups is 1. The first-order valence-corrected chi connectivity index (χ1v) is 5.81. The lowest BCUT2D eigenvalue weighted by molar-refractivity contribution is -0.111. The summed E-state index contributed by atoms with van der Waals surface area (Å²) in [5.74, 6) is 0.576.